The maximum atomic E-state index is 11.8. The number of sulfonamides is 2. The van der Waals surface area contributed by atoms with Crippen LogP contribution < -0.4 is 10.2 Å². The van der Waals surface area contributed by atoms with Gasteiger partial charge >= 0.3 is 0 Å². The number of aromatic nitrogens is 1. The van der Waals surface area contributed by atoms with Crippen molar-refractivity contribution in [3.05, 3.63) is 28.7 Å². The Balaban J connectivity index is 2.79. The molecule has 1 rings (SSSR count). The van der Waals surface area contributed by atoms with Gasteiger partial charge in [0.2, 0.25) is 25.5 Å². The summed E-state index contributed by atoms with van der Waals surface area (Å²) in [6.45, 7) is -0.308. The van der Waals surface area contributed by atoms with Gasteiger partial charge in [-0.3, -0.25) is 4.79 Å². The number of rotatable bonds is 6. The second-order valence-corrected chi connectivity index (χ2v) is 7.91. The topological polar surface area (TPSA) is 116 Å². The molecule has 0 unspecified atom stereocenters. The monoisotopic (exact) mass is 309 g/mol. The van der Waals surface area contributed by atoms with Crippen molar-refractivity contribution in [2.24, 2.45) is 0 Å². The first-order chi connectivity index (χ1) is 8.67. The van der Waals surface area contributed by atoms with Crippen molar-refractivity contribution < 1.29 is 16.8 Å². The number of pyridine rings is 1. The molecule has 0 amide bonds. The van der Waals surface area contributed by atoms with E-state index in [0.29, 0.717) is 0 Å². The normalized spacial score (nSPS) is 12.8. The van der Waals surface area contributed by atoms with Crippen LogP contribution in [0.3, 0.4) is 0 Å². The summed E-state index contributed by atoms with van der Waals surface area (Å²) in [5.41, 5.74) is -0.665. The molecule has 19 heavy (non-hydrogen) atoms. The van der Waals surface area contributed by atoms with E-state index in [2.05, 4.69) is 9.71 Å². The summed E-state index contributed by atoms with van der Waals surface area (Å²) in [6, 6.07) is 1.07. The van der Waals surface area contributed by atoms with Crippen molar-refractivity contribution in [3.8, 4) is 0 Å². The van der Waals surface area contributed by atoms with Gasteiger partial charge in [-0.1, -0.05) is 0 Å². The molecule has 0 aliphatic heterocycles. The predicted octanol–water partition coefficient (Wildman–Crippen LogP) is -1.46. The standard InChI is InChI=1S/C9H15N3O5S2/c1-12(2)18(14,15)6-5-11-19(16,17)9-7-10-4-3-8(9)13/h3-4,7,11H,5-6H2,1-2H3,(H,10,13). The lowest BCUT2D eigenvalue weighted by molar-refractivity contribution is 0.519. The van der Waals surface area contributed by atoms with Gasteiger partial charge in [-0.2, -0.15) is 0 Å². The molecule has 1 aromatic heterocycles. The van der Waals surface area contributed by atoms with Crippen LogP contribution in [0.5, 0.6) is 0 Å². The SMILES string of the molecule is CN(C)S(=O)(=O)CCNS(=O)(=O)c1c[nH]ccc1=O. The Labute approximate surface area is 111 Å². The van der Waals surface area contributed by atoms with Crippen LogP contribution in [0.15, 0.2) is 28.2 Å². The summed E-state index contributed by atoms with van der Waals surface area (Å²) in [6.07, 6.45) is 2.35. The molecular formula is C9H15N3O5S2. The molecule has 10 heteroatoms. The summed E-state index contributed by atoms with van der Waals surface area (Å²) in [5, 5.41) is 0. The third kappa shape index (κ3) is 4.13. The van der Waals surface area contributed by atoms with Gasteiger partial charge in [0.05, 0.1) is 5.75 Å². The minimum Gasteiger partial charge on any atom is -0.366 e. The Kier molecular flexibility index (Phi) is 4.85. The molecule has 8 nitrogen and oxygen atoms in total. The van der Waals surface area contributed by atoms with Crippen LogP contribution in [0, 0.1) is 0 Å². The predicted molar refractivity (Wildman–Crippen MR) is 69.7 cm³/mol. The van der Waals surface area contributed by atoms with Crippen LogP contribution in [-0.4, -0.2) is 52.5 Å². The highest BCUT2D eigenvalue weighted by Crippen LogP contribution is 2.00. The van der Waals surface area contributed by atoms with Crippen LogP contribution in [0.1, 0.15) is 0 Å². The van der Waals surface area contributed by atoms with Gasteiger partial charge in [0.1, 0.15) is 4.90 Å². The van der Waals surface area contributed by atoms with Crippen molar-refractivity contribution in [3.63, 3.8) is 0 Å². The summed E-state index contributed by atoms with van der Waals surface area (Å²) in [7, 11) is -4.80. The zero-order chi connectivity index (χ0) is 14.7. The molecule has 0 radical (unpaired) electrons. The number of H-pyrrole nitrogens is 1. The van der Waals surface area contributed by atoms with E-state index in [0.717, 1.165) is 16.6 Å². The Morgan fingerprint density at radius 3 is 2.42 bits per heavy atom. The van der Waals surface area contributed by atoms with E-state index >= 15 is 0 Å². The third-order valence-corrected chi connectivity index (χ3v) is 5.60. The lowest BCUT2D eigenvalue weighted by Gasteiger charge is -2.11. The largest absolute Gasteiger partial charge is 0.366 e. The number of hydrogen-bond donors (Lipinski definition) is 2. The van der Waals surface area contributed by atoms with Crippen molar-refractivity contribution in [2.45, 2.75) is 4.90 Å². The van der Waals surface area contributed by atoms with Crippen molar-refractivity contribution in [1.29, 1.82) is 0 Å². The Morgan fingerprint density at radius 2 is 1.89 bits per heavy atom. The van der Waals surface area contributed by atoms with Gasteiger partial charge in [0.25, 0.3) is 0 Å². The van der Waals surface area contributed by atoms with Crippen molar-refractivity contribution in [1.82, 2.24) is 14.0 Å². The molecule has 0 atom stereocenters. The highest BCUT2D eigenvalue weighted by molar-refractivity contribution is 7.90. The van der Waals surface area contributed by atoms with E-state index in [1.165, 1.54) is 20.3 Å². The van der Waals surface area contributed by atoms with Crippen molar-refractivity contribution in [2.75, 3.05) is 26.4 Å². The molecule has 0 aliphatic rings. The average Bonchev–Trinajstić information content (AvgIpc) is 2.28. The van der Waals surface area contributed by atoms with Gasteiger partial charge in [-0.05, 0) is 0 Å². The second-order valence-electron chi connectivity index (χ2n) is 3.87. The molecule has 0 spiro atoms. The van der Waals surface area contributed by atoms with E-state index in [-0.39, 0.29) is 12.3 Å². The zero-order valence-corrected chi connectivity index (χ0v) is 12.1. The van der Waals surface area contributed by atoms with Gasteiger partial charge in [-0.25, -0.2) is 25.9 Å². The lowest BCUT2D eigenvalue weighted by Crippen LogP contribution is -2.35. The summed E-state index contributed by atoms with van der Waals surface area (Å²) >= 11 is 0. The first-order valence-electron chi connectivity index (χ1n) is 5.24. The van der Waals surface area contributed by atoms with E-state index < -0.39 is 30.4 Å². The van der Waals surface area contributed by atoms with Gasteiger partial charge < -0.3 is 4.98 Å². The summed E-state index contributed by atoms with van der Waals surface area (Å²) in [4.78, 5) is 13.4. The van der Waals surface area contributed by atoms with Crippen LogP contribution in [-0.2, 0) is 20.0 Å². The molecule has 0 aromatic carbocycles. The maximum absolute atomic E-state index is 11.8. The van der Waals surface area contributed by atoms with Crippen LogP contribution in [0.2, 0.25) is 0 Å². The van der Waals surface area contributed by atoms with E-state index in [9.17, 15) is 21.6 Å². The molecule has 0 aliphatic carbocycles. The number of nitrogens with one attached hydrogen (secondary N) is 2. The Hall–Kier alpha value is -1.23. The Bertz CT molecular complexity index is 691. The Morgan fingerprint density at radius 1 is 1.26 bits per heavy atom. The maximum Gasteiger partial charge on any atom is 0.245 e. The third-order valence-electron chi connectivity index (χ3n) is 2.29. The van der Waals surface area contributed by atoms with E-state index in [1.54, 1.807) is 0 Å². The zero-order valence-electron chi connectivity index (χ0n) is 10.5. The van der Waals surface area contributed by atoms with Gasteiger partial charge in [-0.15, -0.1) is 0 Å². The number of aromatic amines is 1. The van der Waals surface area contributed by atoms with Gasteiger partial charge in [0.15, 0.2) is 0 Å². The molecule has 2 N–H and O–H groups in total. The molecule has 108 valence electrons. The molecule has 1 aromatic rings. The molecule has 0 saturated heterocycles. The molecule has 0 bridgehead atoms. The van der Waals surface area contributed by atoms with Gasteiger partial charge in [0, 0.05) is 39.1 Å². The number of hydrogen-bond acceptors (Lipinski definition) is 5. The average molecular weight is 309 g/mol. The quantitative estimate of drug-likeness (QED) is 0.666. The van der Waals surface area contributed by atoms with Crippen LogP contribution in [0.25, 0.3) is 0 Å². The first kappa shape index (κ1) is 15.8. The molecular weight excluding hydrogens is 294 g/mol. The minimum atomic E-state index is -4.02. The molecule has 0 fully saturated rings. The van der Waals surface area contributed by atoms with Crippen molar-refractivity contribution >= 4 is 20.0 Å². The summed E-state index contributed by atoms with van der Waals surface area (Å²) < 4.78 is 49.5. The minimum absolute atomic E-state index is 0.308. The van der Waals surface area contributed by atoms with Crippen LogP contribution in [0.4, 0.5) is 0 Å². The molecule has 1 heterocycles. The van der Waals surface area contributed by atoms with E-state index in [4.69, 9.17) is 0 Å². The highest BCUT2D eigenvalue weighted by Gasteiger charge is 2.19. The fraction of sp³-hybridized carbons (Fsp3) is 0.444. The van der Waals surface area contributed by atoms with Crippen LogP contribution >= 0.6 is 0 Å². The highest BCUT2D eigenvalue weighted by atomic mass is 32.2. The van der Waals surface area contributed by atoms with E-state index in [1.807, 2.05) is 0 Å². The fourth-order valence-electron chi connectivity index (χ4n) is 1.18. The second kappa shape index (κ2) is 5.82. The summed E-state index contributed by atoms with van der Waals surface area (Å²) in [5.74, 6) is -0.385. The smallest absolute Gasteiger partial charge is 0.245 e. The number of nitrogens with zero attached hydrogens (tertiary/aromatic N) is 1. The molecule has 0 saturated carbocycles. The lowest BCUT2D eigenvalue weighted by atomic mass is 10.5. The first-order valence-corrected chi connectivity index (χ1v) is 8.33. The fourth-order valence-corrected chi connectivity index (χ4v) is 3.11.